The van der Waals surface area contributed by atoms with Crippen LogP contribution in [0.15, 0.2) is 41.1 Å². The lowest BCUT2D eigenvalue weighted by molar-refractivity contribution is 0.0950. The molecule has 7 heteroatoms. The minimum atomic E-state index is -0.133. The van der Waals surface area contributed by atoms with Gasteiger partial charge in [0.25, 0.3) is 5.91 Å². The summed E-state index contributed by atoms with van der Waals surface area (Å²) in [6.45, 7) is 4.63. The first-order valence-corrected chi connectivity index (χ1v) is 7.27. The Labute approximate surface area is 133 Å². The normalized spacial score (nSPS) is 10.7. The van der Waals surface area contributed by atoms with E-state index in [2.05, 4.69) is 20.8 Å². The fourth-order valence-electron chi connectivity index (χ4n) is 2.25. The average Bonchev–Trinajstić information content (AvgIpc) is 3.15. The van der Waals surface area contributed by atoms with E-state index >= 15 is 0 Å². The highest BCUT2D eigenvalue weighted by atomic mass is 16.5. The number of benzene rings is 1. The summed E-state index contributed by atoms with van der Waals surface area (Å²) < 4.78 is 6.84. The smallest absolute Gasteiger partial charge is 0.251 e. The van der Waals surface area contributed by atoms with Crippen molar-refractivity contribution in [1.29, 1.82) is 0 Å². The van der Waals surface area contributed by atoms with E-state index < -0.39 is 0 Å². The molecule has 0 radical (unpaired) electrons. The zero-order valence-corrected chi connectivity index (χ0v) is 13.0. The van der Waals surface area contributed by atoms with Crippen molar-refractivity contribution in [2.75, 3.05) is 0 Å². The molecule has 0 aliphatic rings. The van der Waals surface area contributed by atoms with Crippen molar-refractivity contribution < 1.29 is 9.32 Å². The van der Waals surface area contributed by atoms with Crippen LogP contribution in [-0.4, -0.2) is 26.1 Å². The maximum atomic E-state index is 12.0. The SMILES string of the molecule is Cc1noc(C)c1Cn1cc(CNC(=O)c2ccccc2)nn1. The largest absolute Gasteiger partial charge is 0.361 e. The highest BCUT2D eigenvalue weighted by molar-refractivity contribution is 5.93. The molecule has 1 amide bonds. The van der Waals surface area contributed by atoms with Gasteiger partial charge in [0.2, 0.25) is 0 Å². The van der Waals surface area contributed by atoms with Gasteiger partial charge in [0, 0.05) is 11.1 Å². The van der Waals surface area contributed by atoms with Gasteiger partial charge in [-0.15, -0.1) is 5.10 Å². The van der Waals surface area contributed by atoms with Gasteiger partial charge in [0.15, 0.2) is 0 Å². The highest BCUT2D eigenvalue weighted by Gasteiger charge is 2.11. The molecule has 3 aromatic rings. The number of aryl methyl sites for hydroxylation is 2. The maximum Gasteiger partial charge on any atom is 0.251 e. The summed E-state index contributed by atoms with van der Waals surface area (Å²) in [5.74, 6) is 0.641. The first-order chi connectivity index (χ1) is 11.1. The number of carbonyl (C=O) groups excluding carboxylic acids is 1. The van der Waals surface area contributed by atoms with Crippen molar-refractivity contribution in [2.24, 2.45) is 0 Å². The molecule has 1 N–H and O–H groups in total. The summed E-state index contributed by atoms with van der Waals surface area (Å²) in [4.78, 5) is 12.0. The van der Waals surface area contributed by atoms with Crippen LogP contribution in [0.1, 0.15) is 33.1 Å². The Morgan fingerprint density at radius 3 is 2.74 bits per heavy atom. The van der Waals surface area contributed by atoms with Gasteiger partial charge >= 0.3 is 0 Å². The van der Waals surface area contributed by atoms with Crippen LogP contribution in [0.25, 0.3) is 0 Å². The molecule has 1 aromatic carbocycles. The van der Waals surface area contributed by atoms with Gasteiger partial charge in [0.05, 0.1) is 25.0 Å². The third-order valence-electron chi connectivity index (χ3n) is 3.55. The van der Waals surface area contributed by atoms with Crippen LogP contribution in [0.3, 0.4) is 0 Å². The van der Waals surface area contributed by atoms with Crippen LogP contribution >= 0.6 is 0 Å². The number of hydrogen-bond acceptors (Lipinski definition) is 5. The van der Waals surface area contributed by atoms with Gasteiger partial charge in [0.1, 0.15) is 11.5 Å². The van der Waals surface area contributed by atoms with Crippen LogP contribution < -0.4 is 5.32 Å². The lowest BCUT2D eigenvalue weighted by Gasteiger charge is -2.02. The van der Waals surface area contributed by atoms with Gasteiger partial charge < -0.3 is 9.84 Å². The Balaban J connectivity index is 1.61. The molecule has 0 unspecified atom stereocenters. The molecular weight excluding hydrogens is 294 g/mol. The van der Waals surface area contributed by atoms with Crippen molar-refractivity contribution in [1.82, 2.24) is 25.5 Å². The zero-order valence-electron chi connectivity index (χ0n) is 13.0. The monoisotopic (exact) mass is 311 g/mol. The van der Waals surface area contributed by atoms with E-state index in [0.717, 1.165) is 17.0 Å². The summed E-state index contributed by atoms with van der Waals surface area (Å²) in [5.41, 5.74) is 3.16. The van der Waals surface area contributed by atoms with Crippen LogP contribution in [0.2, 0.25) is 0 Å². The van der Waals surface area contributed by atoms with Crippen molar-refractivity contribution in [3.05, 3.63) is 64.8 Å². The summed E-state index contributed by atoms with van der Waals surface area (Å²) in [7, 11) is 0. The fraction of sp³-hybridized carbons (Fsp3) is 0.250. The van der Waals surface area contributed by atoms with Crippen molar-refractivity contribution in [2.45, 2.75) is 26.9 Å². The molecule has 7 nitrogen and oxygen atoms in total. The average molecular weight is 311 g/mol. The van der Waals surface area contributed by atoms with Gasteiger partial charge in [-0.1, -0.05) is 28.6 Å². The molecule has 3 rings (SSSR count). The lowest BCUT2D eigenvalue weighted by Crippen LogP contribution is -2.22. The van der Waals surface area contributed by atoms with Crippen molar-refractivity contribution in [3.63, 3.8) is 0 Å². The summed E-state index contributed by atoms with van der Waals surface area (Å²) in [6.07, 6.45) is 1.80. The quantitative estimate of drug-likeness (QED) is 0.777. The Hall–Kier alpha value is -2.96. The van der Waals surface area contributed by atoms with E-state index in [1.54, 1.807) is 23.0 Å². The van der Waals surface area contributed by atoms with E-state index in [1.165, 1.54) is 0 Å². The van der Waals surface area contributed by atoms with Gasteiger partial charge in [-0.25, -0.2) is 4.68 Å². The molecular formula is C16H17N5O2. The van der Waals surface area contributed by atoms with Gasteiger partial charge in [-0.3, -0.25) is 4.79 Å². The number of carbonyl (C=O) groups is 1. The number of nitrogens with zero attached hydrogens (tertiary/aromatic N) is 4. The topological polar surface area (TPSA) is 85.8 Å². The molecule has 0 spiro atoms. The Kier molecular flexibility index (Phi) is 4.18. The molecule has 0 saturated carbocycles. The zero-order chi connectivity index (χ0) is 16.2. The standard InChI is InChI=1S/C16H17N5O2/c1-11-15(12(2)23-19-11)10-21-9-14(18-20-21)8-17-16(22)13-6-4-3-5-7-13/h3-7,9H,8,10H2,1-2H3,(H,17,22). The second-order valence-corrected chi connectivity index (χ2v) is 5.26. The van der Waals surface area contributed by atoms with E-state index in [9.17, 15) is 4.79 Å². The molecule has 0 saturated heterocycles. The third-order valence-corrected chi connectivity index (χ3v) is 3.55. The Morgan fingerprint density at radius 2 is 2.04 bits per heavy atom. The Morgan fingerprint density at radius 1 is 1.26 bits per heavy atom. The number of nitrogens with one attached hydrogen (secondary N) is 1. The predicted molar refractivity (Wildman–Crippen MR) is 82.7 cm³/mol. The molecule has 0 atom stereocenters. The number of hydrogen-bond donors (Lipinski definition) is 1. The molecule has 0 fully saturated rings. The van der Waals surface area contributed by atoms with Gasteiger partial charge in [-0.05, 0) is 26.0 Å². The second-order valence-electron chi connectivity index (χ2n) is 5.26. The first-order valence-electron chi connectivity index (χ1n) is 7.27. The molecule has 23 heavy (non-hydrogen) atoms. The van der Waals surface area contributed by atoms with Crippen LogP contribution in [0.4, 0.5) is 0 Å². The third kappa shape index (κ3) is 3.45. The summed E-state index contributed by atoms with van der Waals surface area (Å²) in [5, 5.41) is 14.9. The maximum absolute atomic E-state index is 12.0. The van der Waals surface area contributed by atoms with Crippen LogP contribution in [0, 0.1) is 13.8 Å². The second kappa shape index (κ2) is 6.43. The molecule has 118 valence electrons. The number of rotatable bonds is 5. The van der Waals surface area contributed by atoms with Crippen molar-refractivity contribution in [3.8, 4) is 0 Å². The molecule has 2 heterocycles. The predicted octanol–water partition coefficient (Wildman–Crippen LogP) is 1.86. The molecule has 0 aliphatic carbocycles. The van der Waals surface area contributed by atoms with Gasteiger partial charge in [-0.2, -0.15) is 0 Å². The summed E-state index contributed by atoms with van der Waals surface area (Å²) >= 11 is 0. The first kappa shape index (κ1) is 15.0. The minimum absolute atomic E-state index is 0.133. The number of aromatic nitrogens is 4. The van der Waals surface area contributed by atoms with Crippen LogP contribution in [-0.2, 0) is 13.1 Å². The fourth-order valence-corrected chi connectivity index (χ4v) is 2.25. The number of amides is 1. The molecule has 0 aliphatic heterocycles. The van der Waals surface area contributed by atoms with E-state index in [-0.39, 0.29) is 5.91 Å². The lowest BCUT2D eigenvalue weighted by atomic mass is 10.2. The van der Waals surface area contributed by atoms with E-state index in [4.69, 9.17) is 4.52 Å². The summed E-state index contributed by atoms with van der Waals surface area (Å²) in [6, 6.07) is 9.06. The minimum Gasteiger partial charge on any atom is -0.361 e. The molecule has 0 bridgehead atoms. The van der Waals surface area contributed by atoms with Crippen molar-refractivity contribution >= 4 is 5.91 Å². The van der Waals surface area contributed by atoms with E-state index in [1.807, 2.05) is 32.0 Å². The van der Waals surface area contributed by atoms with E-state index in [0.29, 0.717) is 24.3 Å². The highest BCUT2D eigenvalue weighted by Crippen LogP contribution is 2.13. The Bertz CT molecular complexity index is 788. The van der Waals surface area contributed by atoms with Crippen LogP contribution in [0.5, 0.6) is 0 Å². The molecule has 2 aromatic heterocycles.